The molecule has 0 radical (unpaired) electrons. The van der Waals surface area contributed by atoms with E-state index in [1.54, 1.807) is 0 Å². The van der Waals surface area contributed by atoms with Gasteiger partial charge in [0.1, 0.15) is 5.00 Å². The van der Waals surface area contributed by atoms with Crippen molar-refractivity contribution in [3.05, 3.63) is 17.5 Å². The van der Waals surface area contributed by atoms with Crippen LogP contribution in [-0.2, 0) is 11.3 Å². The normalized spacial score (nSPS) is 14.2. The number of hydrogen-bond donors (Lipinski definition) is 1. The molecule has 5 heteroatoms. The van der Waals surface area contributed by atoms with E-state index in [-0.39, 0.29) is 5.54 Å². The van der Waals surface area contributed by atoms with Gasteiger partial charge in [0.2, 0.25) is 0 Å². The monoisotopic (exact) mass is 219 g/mol. The number of rotatable bonds is 2. The van der Waals surface area contributed by atoms with E-state index in [4.69, 9.17) is 4.55 Å². The quantitative estimate of drug-likeness (QED) is 0.776. The van der Waals surface area contributed by atoms with Gasteiger partial charge in [-0.2, -0.15) is 0 Å². The molecule has 0 amide bonds. The number of nitrogens with zero attached hydrogens (tertiary/aromatic N) is 1. The van der Waals surface area contributed by atoms with Gasteiger partial charge in [-0.3, -0.25) is 8.86 Å². The minimum absolute atomic E-state index is 0.343. The van der Waals surface area contributed by atoms with Crippen LogP contribution in [0, 0.1) is 0 Å². The third kappa shape index (κ3) is 2.52. The van der Waals surface area contributed by atoms with Gasteiger partial charge in [-0.15, -0.1) is 11.3 Å². The fourth-order valence-corrected chi connectivity index (χ4v) is 2.85. The maximum atomic E-state index is 11.1. The highest BCUT2D eigenvalue weighted by molar-refractivity contribution is 7.81. The first-order valence-electron chi connectivity index (χ1n) is 3.87. The van der Waals surface area contributed by atoms with Crippen molar-refractivity contribution in [3.63, 3.8) is 0 Å². The summed E-state index contributed by atoms with van der Waals surface area (Å²) >= 11 is -0.499. The molecule has 1 rings (SSSR count). The Hall–Kier alpha value is -0.390. The minimum Gasteiger partial charge on any atom is -0.289 e. The molecule has 1 unspecified atom stereocenters. The molecule has 3 nitrogen and oxygen atoms in total. The average Bonchev–Trinajstić information content (AvgIpc) is 2.34. The molecule has 13 heavy (non-hydrogen) atoms. The minimum atomic E-state index is -1.96. The summed E-state index contributed by atoms with van der Waals surface area (Å²) in [6.07, 6.45) is 0. The summed E-state index contributed by atoms with van der Waals surface area (Å²) in [4.78, 5) is 0. The maximum absolute atomic E-state index is 11.1. The Morgan fingerprint density at radius 3 is 2.46 bits per heavy atom. The zero-order valence-electron chi connectivity index (χ0n) is 7.85. The largest absolute Gasteiger partial charge is 0.289 e. The SMILES string of the molecule is CC(C)(C)N(c1cccs1)S(=O)O. The van der Waals surface area contributed by atoms with E-state index in [2.05, 4.69) is 0 Å². The van der Waals surface area contributed by atoms with Crippen LogP contribution in [0.1, 0.15) is 20.8 Å². The molecule has 0 aliphatic rings. The van der Waals surface area contributed by atoms with Crippen LogP contribution in [0.3, 0.4) is 0 Å². The van der Waals surface area contributed by atoms with Crippen molar-refractivity contribution in [2.24, 2.45) is 0 Å². The molecular formula is C8H13NO2S2. The van der Waals surface area contributed by atoms with E-state index in [1.807, 2.05) is 38.3 Å². The molecule has 0 saturated heterocycles. The average molecular weight is 219 g/mol. The first-order chi connectivity index (χ1) is 5.93. The number of anilines is 1. The highest BCUT2D eigenvalue weighted by Gasteiger charge is 2.26. The Labute approximate surface area is 84.8 Å². The van der Waals surface area contributed by atoms with E-state index in [9.17, 15) is 4.21 Å². The third-order valence-electron chi connectivity index (χ3n) is 1.47. The first kappa shape index (κ1) is 10.7. The summed E-state index contributed by atoms with van der Waals surface area (Å²) in [5.74, 6) is 0. The zero-order chi connectivity index (χ0) is 10.1. The predicted molar refractivity (Wildman–Crippen MR) is 57.3 cm³/mol. The van der Waals surface area contributed by atoms with E-state index >= 15 is 0 Å². The van der Waals surface area contributed by atoms with Gasteiger partial charge in [-0.1, -0.05) is 0 Å². The first-order valence-corrected chi connectivity index (χ1v) is 5.82. The molecule has 1 atom stereocenters. The Kier molecular flexibility index (Phi) is 3.10. The van der Waals surface area contributed by atoms with Crippen LogP contribution in [0.25, 0.3) is 0 Å². The molecule has 1 aromatic rings. The topological polar surface area (TPSA) is 40.5 Å². The standard InChI is InChI=1S/C8H13NO2S2/c1-8(2,3)9(13(10)11)7-5-4-6-12-7/h4-6H,1-3H3,(H,10,11). The molecule has 74 valence electrons. The van der Waals surface area contributed by atoms with Gasteiger partial charge in [0.05, 0.1) is 0 Å². The lowest BCUT2D eigenvalue weighted by molar-refractivity contribution is 0.516. The molecule has 1 N–H and O–H groups in total. The molecule has 0 aromatic carbocycles. The number of hydrogen-bond acceptors (Lipinski definition) is 2. The summed E-state index contributed by atoms with van der Waals surface area (Å²) in [5.41, 5.74) is -0.343. The van der Waals surface area contributed by atoms with Crippen molar-refractivity contribution in [1.29, 1.82) is 0 Å². The van der Waals surface area contributed by atoms with Gasteiger partial charge in [0.15, 0.2) is 0 Å². The highest BCUT2D eigenvalue weighted by atomic mass is 32.2. The van der Waals surface area contributed by atoms with E-state index in [0.717, 1.165) is 5.00 Å². The van der Waals surface area contributed by atoms with Crippen LogP contribution < -0.4 is 4.31 Å². The molecular weight excluding hydrogens is 206 g/mol. The van der Waals surface area contributed by atoms with Crippen LogP contribution in [0.5, 0.6) is 0 Å². The second-order valence-corrected chi connectivity index (χ2v) is 5.40. The molecule has 0 fully saturated rings. The van der Waals surface area contributed by atoms with E-state index < -0.39 is 11.3 Å². The van der Waals surface area contributed by atoms with Gasteiger partial charge >= 0.3 is 0 Å². The van der Waals surface area contributed by atoms with Crippen LogP contribution in [0.15, 0.2) is 17.5 Å². The lowest BCUT2D eigenvalue weighted by Gasteiger charge is -2.32. The Bertz CT molecular complexity index is 290. The van der Waals surface area contributed by atoms with E-state index in [1.165, 1.54) is 15.6 Å². The van der Waals surface area contributed by atoms with Crippen molar-refractivity contribution < 1.29 is 8.76 Å². The van der Waals surface area contributed by atoms with E-state index in [0.29, 0.717) is 0 Å². The second kappa shape index (κ2) is 3.77. The lowest BCUT2D eigenvalue weighted by Crippen LogP contribution is -2.42. The molecule has 0 spiro atoms. The summed E-state index contributed by atoms with van der Waals surface area (Å²) in [7, 11) is 0. The predicted octanol–water partition coefficient (Wildman–Crippen LogP) is 2.49. The van der Waals surface area contributed by atoms with Crippen molar-refractivity contribution in [2.45, 2.75) is 26.3 Å². The molecule has 0 saturated carbocycles. The fraction of sp³-hybridized carbons (Fsp3) is 0.500. The molecule has 0 aliphatic carbocycles. The van der Waals surface area contributed by atoms with Crippen LogP contribution in [0.2, 0.25) is 0 Å². The van der Waals surface area contributed by atoms with Gasteiger partial charge < -0.3 is 0 Å². The Morgan fingerprint density at radius 1 is 1.54 bits per heavy atom. The molecule has 1 aromatic heterocycles. The molecule has 0 aliphatic heterocycles. The van der Waals surface area contributed by atoms with Crippen molar-refractivity contribution >= 4 is 27.6 Å². The van der Waals surface area contributed by atoms with Gasteiger partial charge in [-0.25, -0.2) is 4.21 Å². The van der Waals surface area contributed by atoms with Crippen LogP contribution in [-0.4, -0.2) is 14.3 Å². The second-order valence-electron chi connectivity index (χ2n) is 3.65. The highest BCUT2D eigenvalue weighted by Crippen LogP contribution is 2.29. The van der Waals surface area contributed by atoms with Gasteiger partial charge in [0, 0.05) is 5.54 Å². The fourth-order valence-electron chi connectivity index (χ4n) is 1.03. The van der Waals surface area contributed by atoms with Crippen molar-refractivity contribution in [3.8, 4) is 0 Å². The Balaban J connectivity index is 3.01. The smallest absolute Gasteiger partial charge is 0.262 e. The maximum Gasteiger partial charge on any atom is 0.262 e. The Morgan fingerprint density at radius 2 is 2.15 bits per heavy atom. The van der Waals surface area contributed by atoms with Crippen LogP contribution in [0.4, 0.5) is 5.00 Å². The third-order valence-corrected chi connectivity index (χ3v) is 3.50. The molecule has 0 bridgehead atoms. The van der Waals surface area contributed by atoms with Crippen LogP contribution >= 0.6 is 11.3 Å². The van der Waals surface area contributed by atoms with Gasteiger partial charge in [-0.05, 0) is 38.3 Å². The summed E-state index contributed by atoms with van der Waals surface area (Å²) in [6, 6.07) is 3.70. The van der Waals surface area contributed by atoms with Crippen molar-refractivity contribution in [2.75, 3.05) is 4.31 Å². The summed E-state index contributed by atoms with van der Waals surface area (Å²) < 4.78 is 21.7. The molecule has 1 heterocycles. The summed E-state index contributed by atoms with van der Waals surface area (Å²) in [5, 5.41) is 2.70. The summed E-state index contributed by atoms with van der Waals surface area (Å²) in [6.45, 7) is 5.71. The number of thiophene rings is 1. The zero-order valence-corrected chi connectivity index (χ0v) is 9.48. The van der Waals surface area contributed by atoms with Crippen molar-refractivity contribution in [1.82, 2.24) is 0 Å². The lowest BCUT2D eigenvalue weighted by atomic mass is 10.1. The van der Waals surface area contributed by atoms with Gasteiger partial charge in [0.25, 0.3) is 11.3 Å².